The molecule has 0 aromatic carbocycles. The standard InChI is InChI=1S/C16H29N3/c1-4-9-18-16(11-17,15-7-8-15)12-19-10-5-6-13(2)14(19)3/h13-15,18H,4-10,12H2,1-3H3. The Balaban J connectivity index is 2.04. The topological polar surface area (TPSA) is 39.1 Å². The zero-order valence-electron chi connectivity index (χ0n) is 12.8. The van der Waals surface area contributed by atoms with Crippen LogP contribution in [0.3, 0.4) is 0 Å². The van der Waals surface area contributed by atoms with Crippen molar-refractivity contribution in [1.82, 2.24) is 10.2 Å². The van der Waals surface area contributed by atoms with Crippen molar-refractivity contribution in [3.8, 4) is 6.07 Å². The van der Waals surface area contributed by atoms with Crippen LogP contribution in [0.5, 0.6) is 0 Å². The average molecular weight is 263 g/mol. The summed E-state index contributed by atoms with van der Waals surface area (Å²) in [7, 11) is 0. The Hall–Kier alpha value is -0.590. The van der Waals surface area contributed by atoms with Crippen molar-refractivity contribution in [2.24, 2.45) is 11.8 Å². The molecule has 0 radical (unpaired) electrons. The largest absolute Gasteiger partial charge is 0.298 e. The molecule has 1 N–H and O–H groups in total. The second kappa shape index (κ2) is 6.24. The molecule has 0 amide bonds. The van der Waals surface area contributed by atoms with Crippen molar-refractivity contribution in [3.63, 3.8) is 0 Å². The van der Waals surface area contributed by atoms with Gasteiger partial charge in [0.25, 0.3) is 0 Å². The number of rotatable bonds is 6. The fourth-order valence-corrected chi connectivity index (χ4v) is 3.38. The second-order valence-electron chi connectivity index (χ2n) is 6.61. The SMILES string of the molecule is CCCNC(C#N)(CN1CCCC(C)C1C)C1CC1. The number of likely N-dealkylation sites (tertiary alicyclic amines) is 1. The molecule has 2 fully saturated rings. The molecule has 19 heavy (non-hydrogen) atoms. The molecule has 2 aliphatic rings. The minimum atomic E-state index is -0.290. The van der Waals surface area contributed by atoms with Gasteiger partial charge >= 0.3 is 0 Å². The lowest BCUT2D eigenvalue weighted by Crippen LogP contribution is -2.58. The van der Waals surface area contributed by atoms with Gasteiger partial charge in [-0.2, -0.15) is 5.26 Å². The fourth-order valence-electron chi connectivity index (χ4n) is 3.38. The van der Waals surface area contributed by atoms with E-state index in [0.29, 0.717) is 12.0 Å². The Morgan fingerprint density at radius 3 is 2.63 bits per heavy atom. The molecule has 1 saturated heterocycles. The Labute approximate surface area is 118 Å². The van der Waals surface area contributed by atoms with E-state index in [2.05, 4.69) is 37.1 Å². The highest BCUT2D eigenvalue weighted by Crippen LogP contribution is 2.41. The second-order valence-corrected chi connectivity index (χ2v) is 6.61. The van der Waals surface area contributed by atoms with Crippen molar-refractivity contribution in [3.05, 3.63) is 0 Å². The van der Waals surface area contributed by atoms with Gasteiger partial charge in [0, 0.05) is 12.6 Å². The lowest BCUT2D eigenvalue weighted by atomic mass is 9.88. The quantitative estimate of drug-likeness (QED) is 0.801. The molecule has 1 saturated carbocycles. The van der Waals surface area contributed by atoms with Crippen LogP contribution in [-0.4, -0.2) is 36.1 Å². The smallest absolute Gasteiger partial charge is 0.122 e. The molecule has 3 unspecified atom stereocenters. The Morgan fingerprint density at radius 2 is 2.05 bits per heavy atom. The predicted octanol–water partition coefficient (Wildman–Crippen LogP) is 2.78. The van der Waals surface area contributed by atoms with Gasteiger partial charge in [0.05, 0.1) is 6.07 Å². The van der Waals surface area contributed by atoms with Crippen LogP contribution in [0, 0.1) is 23.2 Å². The molecule has 1 aliphatic heterocycles. The van der Waals surface area contributed by atoms with E-state index in [1.807, 2.05) is 0 Å². The zero-order chi connectivity index (χ0) is 13.9. The number of hydrogen-bond acceptors (Lipinski definition) is 3. The first kappa shape index (κ1) is 14.8. The molecule has 2 rings (SSSR count). The molecule has 3 nitrogen and oxygen atoms in total. The first-order chi connectivity index (χ1) is 9.13. The van der Waals surface area contributed by atoms with E-state index in [0.717, 1.165) is 32.0 Å². The third kappa shape index (κ3) is 3.30. The van der Waals surface area contributed by atoms with Crippen LogP contribution >= 0.6 is 0 Å². The fraction of sp³-hybridized carbons (Fsp3) is 0.938. The van der Waals surface area contributed by atoms with E-state index in [9.17, 15) is 5.26 Å². The van der Waals surface area contributed by atoms with E-state index in [-0.39, 0.29) is 5.54 Å². The third-order valence-corrected chi connectivity index (χ3v) is 5.12. The van der Waals surface area contributed by atoms with Crippen molar-refractivity contribution >= 4 is 0 Å². The van der Waals surface area contributed by atoms with Gasteiger partial charge in [0.2, 0.25) is 0 Å². The number of nitrogens with one attached hydrogen (secondary N) is 1. The van der Waals surface area contributed by atoms with Crippen LogP contribution in [0.1, 0.15) is 52.9 Å². The number of nitrogens with zero attached hydrogens (tertiary/aromatic N) is 2. The molecule has 0 spiro atoms. The Morgan fingerprint density at radius 1 is 1.32 bits per heavy atom. The number of nitriles is 1. The number of piperidine rings is 1. The van der Waals surface area contributed by atoms with Crippen LogP contribution in [0.25, 0.3) is 0 Å². The van der Waals surface area contributed by atoms with Crippen LogP contribution < -0.4 is 5.32 Å². The molecule has 0 aromatic rings. The first-order valence-corrected chi connectivity index (χ1v) is 8.03. The van der Waals surface area contributed by atoms with Crippen molar-refractivity contribution < 1.29 is 0 Å². The molecule has 3 atom stereocenters. The molecule has 0 bridgehead atoms. The van der Waals surface area contributed by atoms with Crippen molar-refractivity contribution in [2.75, 3.05) is 19.6 Å². The highest BCUT2D eigenvalue weighted by atomic mass is 15.2. The van der Waals surface area contributed by atoms with Gasteiger partial charge in [0.1, 0.15) is 5.54 Å². The summed E-state index contributed by atoms with van der Waals surface area (Å²) < 4.78 is 0. The van der Waals surface area contributed by atoms with Crippen LogP contribution in [-0.2, 0) is 0 Å². The van der Waals surface area contributed by atoms with Crippen LogP contribution in [0.2, 0.25) is 0 Å². The molecule has 3 heteroatoms. The summed E-state index contributed by atoms with van der Waals surface area (Å²) in [6.45, 7) is 9.89. The molecule has 1 heterocycles. The van der Waals surface area contributed by atoms with Gasteiger partial charge in [0.15, 0.2) is 0 Å². The summed E-state index contributed by atoms with van der Waals surface area (Å²) in [6, 6.07) is 3.26. The van der Waals surface area contributed by atoms with Crippen molar-refractivity contribution in [2.45, 2.75) is 64.5 Å². The molecule has 0 aromatic heterocycles. The molecule has 108 valence electrons. The minimum Gasteiger partial charge on any atom is -0.298 e. The van der Waals surface area contributed by atoms with Gasteiger partial charge < -0.3 is 0 Å². The molecule has 1 aliphatic carbocycles. The summed E-state index contributed by atoms with van der Waals surface area (Å²) >= 11 is 0. The van der Waals surface area contributed by atoms with E-state index in [1.165, 1.54) is 25.7 Å². The lowest BCUT2D eigenvalue weighted by Gasteiger charge is -2.42. The summed E-state index contributed by atoms with van der Waals surface area (Å²) in [4.78, 5) is 2.55. The van der Waals surface area contributed by atoms with E-state index in [1.54, 1.807) is 0 Å². The van der Waals surface area contributed by atoms with Gasteiger partial charge in [-0.05, 0) is 64.0 Å². The zero-order valence-corrected chi connectivity index (χ0v) is 12.8. The van der Waals surface area contributed by atoms with E-state index < -0.39 is 0 Å². The minimum absolute atomic E-state index is 0.290. The van der Waals surface area contributed by atoms with Gasteiger partial charge in [-0.3, -0.25) is 10.2 Å². The maximum absolute atomic E-state index is 9.76. The Bertz CT molecular complexity index is 331. The first-order valence-electron chi connectivity index (χ1n) is 8.03. The van der Waals surface area contributed by atoms with Crippen molar-refractivity contribution in [1.29, 1.82) is 5.26 Å². The monoisotopic (exact) mass is 263 g/mol. The summed E-state index contributed by atoms with van der Waals surface area (Å²) in [5.41, 5.74) is -0.290. The summed E-state index contributed by atoms with van der Waals surface area (Å²) in [6.07, 6.45) is 6.17. The van der Waals surface area contributed by atoms with Crippen LogP contribution in [0.4, 0.5) is 0 Å². The maximum Gasteiger partial charge on any atom is 0.122 e. The molecular weight excluding hydrogens is 234 g/mol. The normalized spacial score (nSPS) is 31.7. The Kier molecular flexibility index (Phi) is 4.86. The maximum atomic E-state index is 9.76. The summed E-state index contributed by atoms with van der Waals surface area (Å²) in [5.74, 6) is 1.34. The predicted molar refractivity (Wildman–Crippen MR) is 78.8 cm³/mol. The van der Waals surface area contributed by atoms with Crippen LogP contribution in [0.15, 0.2) is 0 Å². The van der Waals surface area contributed by atoms with E-state index >= 15 is 0 Å². The molecular formula is C16H29N3. The highest BCUT2D eigenvalue weighted by Gasteiger charge is 2.47. The number of hydrogen-bond donors (Lipinski definition) is 1. The van der Waals surface area contributed by atoms with Gasteiger partial charge in [-0.25, -0.2) is 0 Å². The summed E-state index contributed by atoms with van der Waals surface area (Å²) in [5, 5.41) is 13.3. The highest BCUT2D eigenvalue weighted by molar-refractivity contribution is 5.17. The average Bonchev–Trinajstić information content (AvgIpc) is 3.24. The third-order valence-electron chi connectivity index (χ3n) is 5.12. The lowest BCUT2D eigenvalue weighted by molar-refractivity contribution is 0.0839. The van der Waals surface area contributed by atoms with Gasteiger partial charge in [-0.15, -0.1) is 0 Å². The van der Waals surface area contributed by atoms with Gasteiger partial charge in [-0.1, -0.05) is 13.8 Å². The van der Waals surface area contributed by atoms with E-state index in [4.69, 9.17) is 0 Å².